The van der Waals surface area contributed by atoms with Crippen LogP contribution in [0.1, 0.15) is 42.8 Å². The summed E-state index contributed by atoms with van der Waals surface area (Å²) in [5.74, 6) is 2.22. The van der Waals surface area contributed by atoms with Crippen LogP contribution in [0.15, 0.2) is 24.3 Å². The molecule has 0 amide bonds. The van der Waals surface area contributed by atoms with Crippen molar-refractivity contribution >= 4 is 0 Å². The second-order valence-corrected chi connectivity index (χ2v) is 6.46. The highest BCUT2D eigenvalue weighted by molar-refractivity contribution is 5.30. The number of benzene rings is 1. The first kappa shape index (κ1) is 13.0. The molecule has 2 aliphatic rings. The zero-order valence-electron chi connectivity index (χ0n) is 12.3. The van der Waals surface area contributed by atoms with E-state index in [2.05, 4.69) is 57.1 Å². The molecular formula is C16H21N5. The highest BCUT2D eigenvalue weighted by Crippen LogP contribution is 2.40. The normalized spacial score (nSPS) is 28.9. The molecule has 1 aromatic carbocycles. The van der Waals surface area contributed by atoms with Crippen LogP contribution in [0, 0.1) is 11.8 Å². The predicted octanol–water partition coefficient (Wildman–Crippen LogP) is 2.04. The minimum atomic E-state index is 0.151. The number of nitrogens with one attached hydrogen (secondary N) is 2. The van der Waals surface area contributed by atoms with Crippen LogP contribution < -0.4 is 5.32 Å². The molecule has 4 rings (SSSR count). The first-order chi connectivity index (χ1) is 10.3. The number of hydrogen-bond donors (Lipinski definition) is 2. The number of rotatable bonds is 3. The van der Waals surface area contributed by atoms with E-state index in [1.165, 1.54) is 25.7 Å². The van der Waals surface area contributed by atoms with E-state index in [1.54, 1.807) is 11.1 Å². The third kappa shape index (κ3) is 2.35. The van der Waals surface area contributed by atoms with Crippen molar-refractivity contribution < 1.29 is 0 Å². The Balaban J connectivity index is 1.55. The minimum absolute atomic E-state index is 0.151. The van der Waals surface area contributed by atoms with Crippen LogP contribution in [-0.2, 0) is 12.8 Å². The van der Waals surface area contributed by atoms with E-state index in [0.717, 1.165) is 17.7 Å². The van der Waals surface area contributed by atoms with Gasteiger partial charge < -0.3 is 5.32 Å². The summed E-state index contributed by atoms with van der Waals surface area (Å²) in [7, 11) is 0. The quantitative estimate of drug-likeness (QED) is 0.904. The maximum Gasteiger partial charge on any atom is 0.191 e. The highest BCUT2D eigenvalue weighted by atomic mass is 15.5. The summed E-state index contributed by atoms with van der Waals surface area (Å²) in [6.07, 6.45) is 5.05. The molecule has 0 spiro atoms. The number of fused-ring (bicyclic) bond motifs is 3. The monoisotopic (exact) mass is 283 g/mol. The lowest BCUT2D eigenvalue weighted by atomic mass is 9.94. The SMILES string of the molecule is CC(NC1C2CCC1Cc1ccccc1C2)c1nn[nH]n1. The van der Waals surface area contributed by atoms with Gasteiger partial charge in [0.05, 0.1) is 6.04 Å². The number of tetrazole rings is 1. The summed E-state index contributed by atoms with van der Waals surface area (Å²) >= 11 is 0. The van der Waals surface area contributed by atoms with Crippen LogP contribution in [0.4, 0.5) is 0 Å². The number of aromatic amines is 1. The average Bonchev–Trinajstić information content (AvgIpc) is 3.08. The first-order valence-electron chi connectivity index (χ1n) is 7.87. The molecule has 1 heterocycles. The Morgan fingerprint density at radius 3 is 2.38 bits per heavy atom. The van der Waals surface area contributed by atoms with Crippen LogP contribution >= 0.6 is 0 Å². The molecule has 5 nitrogen and oxygen atoms in total. The molecule has 0 aliphatic heterocycles. The maximum atomic E-state index is 4.11. The number of H-pyrrole nitrogens is 1. The van der Waals surface area contributed by atoms with Crippen LogP contribution in [0.25, 0.3) is 0 Å². The smallest absolute Gasteiger partial charge is 0.191 e. The molecule has 5 heteroatoms. The largest absolute Gasteiger partial charge is 0.304 e. The zero-order valence-corrected chi connectivity index (χ0v) is 12.3. The predicted molar refractivity (Wildman–Crippen MR) is 79.6 cm³/mol. The van der Waals surface area contributed by atoms with Crippen molar-refractivity contribution in [2.75, 3.05) is 0 Å². The van der Waals surface area contributed by atoms with Gasteiger partial charge in [0.15, 0.2) is 5.82 Å². The molecule has 3 unspecified atom stereocenters. The summed E-state index contributed by atoms with van der Waals surface area (Å²) in [6, 6.07) is 9.65. The molecule has 1 fully saturated rings. The van der Waals surface area contributed by atoms with Gasteiger partial charge in [0.25, 0.3) is 0 Å². The van der Waals surface area contributed by atoms with Crippen molar-refractivity contribution in [1.82, 2.24) is 25.9 Å². The average molecular weight is 283 g/mol. The van der Waals surface area contributed by atoms with Crippen LogP contribution in [0.3, 0.4) is 0 Å². The van der Waals surface area contributed by atoms with Crippen molar-refractivity contribution in [3.8, 4) is 0 Å². The van der Waals surface area contributed by atoms with Gasteiger partial charge in [-0.15, -0.1) is 10.2 Å². The fraction of sp³-hybridized carbons (Fsp3) is 0.562. The topological polar surface area (TPSA) is 66.5 Å². The molecule has 2 aliphatic carbocycles. The lowest BCUT2D eigenvalue weighted by molar-refractivity contribution is 0.310. The van der Waals surface area contributed by atoms with Crippen molar-refractivity contribution in [3.63, 3.8) is 0 Å². The van der Waals surface area contributed by atoms with E-state index < -0.39 is 0 Å². The van der Waals surface area contributed by atoms with E-state index >= 15 is 0 Å². The summed E-state index contributed by atoms with van der Waals surface area (Å²) < 4.78 is 0. The van der Waals surface area contributed by atoms with Gasteiger partial charge in [-0.25, -0.2) is 0 Å². The molecule has 21 heavy (non-hydrogen) atoms. The van der Waals surface area contributed by atoms with Gasteiger partial charge >= 0.3 is 0 Å². The van der Waals surface area contributed by atoms with Crippen molar-refractivity contribution in [2.45, 2.75) is 44.7 Å². The molecule has 110 valence electrons. The van der Waals surface area contributed by atoms with Gasteiger partial charge in [-0.05, 0) is 55.6 Å². The fourth-order valence-electron chi connectivity index (χ4n) is 4.14. The third-order valence-electron chi connectivity index (χ3n) is 5.20. The summed E-state index contributed by atoms with van der Waals surface area (Å²) in [4.78, 5) is 0. The summed E-state index contributed by atoms with van der Waals surface area (Å²) in [5.41, 5.74) is 3.09. The highest BCUT2D eigenvalue weighted by Gasteiger charge is 2.39. The molecular weight excluding hydrogens is 262 g/mol. The van der Waals surface area contributed by atoms with E-state index in [1.807, 2.05) is 0 Å². The van der Waals surface area contributed by atoms with Gasteiger partial charge in [-0.2, -0.15) is 5.21 Å². The lowest BCUT2D eigenvalue weighted by Gasteiger charge is -2.26. The van der Waals surface area contributed by atoms with E-state index in [9.17, 15) is 0 Å². The van der Waals surface area contributed by atoms with Crippen LogP contribution in [0.2, 0.25) is 0 Å². The summed E-state index contributed by atoms with van der Waals surface area (Å²) in [5, 5.41) is 18.2. The molecule has 3 atom stereocenters. The van der Waals surface area contributed by atoms with Crippen molar-refractivity contribution in [1.29, 1.82) is 0 Å². The lowest BCUT2D eigenvalue weighted by Crippen LogP contribution is -2.39. The number of aromatic nitrogens is 4. The van der Waals surface area contributed by atoms with Gasteiger partial charge in [0, 0.05) is 6.04 Å². The Morgan fingerprint density at radius 2 is 1.81 bits per heavy atom. The van der Waals surface area contributed by atoms with Crippen LogP contribution in [0.5, 0.6) is 0 Å². The van der Waals surface area contributed by atoms with Gasteiger partial charge in [0.1, 0.15) is 0 Å². The fourth-order valence-corrected chi connectivity index (χ4v) is 4.14. The van der Waals surface area contributed by atoms with E-state index in [-0.39, 0.29) is 6.04 Å². The molecule has 2 bridgehead atoms. The first-order valence-corrected chi connectivity index (χ1v) is 7.87. The van der Waals surface area contributed by atoms with Gasteiger partial charge in [-0.1, -0.05) is 29.5 Å². The zero-order chi connectivity index (χ0) is 14.2. The van der Waals surface area contributed by atoms with E-state index in [4.69, 9.17) is 0 Å². The molecule has 1 saturated carbocycles. The minimum Gasteiger partial charge on any atom is -0.304 e. The Hall–Kier alpha value is -1.75. The standard InChI is InChI=1S/C16H21N5/c1-10(16-18-20-21-19-16)17-15-13-6-7-14(15)9-12-5-3-2-4-11(12)8-13/h2-5,10,13-15,17H,6-9H2,1H3,(H,18,19,20,21). The Morgan fingerprint density at radius 1 is 1.14 bits per heavy atom. The third-order valence-corrected chi connectivity index (χ3v) is 5.20. The Bertz CT molecular complexity index is 576. The van der Waals surface area contributed by atoms with Crippen molar-refractivity contribution in [3.05, 3.63) is 41.2 Å². The molecule has 2 N–H and O–H groups in total. The van der Waals surface area contributed by atoms with Gasteiger partial charge in [-0.3, -0.25) is 0 Å². The van der Waals surface area contributed by atoms with E-state index in [0.29, 0.717) is 6.04 Å². The molecule has 1 aromatic heterocycles. The molecule has 2 aromatic rings. The molecule has 0 saturated heterocycles. The maximum absolute atomic E-state index is 4.11. The van der Waals surface area contributed by atoms with Crippen LogP contribution in [-0.4, -0.2) is 26.7 Å². The molecule has 0 radical (unpaired) electrons. The second-order valence-electron chi connectivity index (χ2n) is 6.46. The number of hydrogen-bond acceptors (Lipinski definition) is 4. The van der Waals surface area contributed by atoms with Crippen molar-refractivity contribution in [2.24, 2.45) is 11.8 Å². The second kappa shape index (κ2) is 5.22. The number of nitrogens with zero attached hydrogens (tertiary/aromatic N) is 3. The van der Waals surface area contributed by atoms with Gasteiger partial charge in [0.2, 0.25) is 0 Å². The Labute approximate surface area is 124 Å². The Kier molecular flexibility index (Phi) is 3.22. The summed E-state index contributed by atoms with van der Waals surface area (Å²) in [6.45, 7) is 2.13.